The summed E-state index contributed by atoms with van der Waals surface area (Å²) in [6, 6.07) is 9.78. The van der Waals surface area contributed by atoms with Crippen molar-refractivity contribution in [3.8, 4) is 10.9 Å². The van der Waals surface area contributed by atoms with Gasteiger partial charge in [0, 0.05) is 31.2 Å². The molecule has 0 amide bonds. The number of hydrogen-bond acceptors (Lipinski definition) is 5. The minimum Gasteiger partial charge on any atom is -0.430 e. The molecule has 5 nitrogen and oxygen atoms in total. The molecule has 3 rings (SSSR count). The molecule has 0 unspecified atom stereocenters. The highest BCUT2D eigenvalue weighted by molar-refractivity contribution is 7.07. The number of nitrogens with zero attached hydrogens (tertiary/aromatic N) is 4. The van der Waals surface area contributed by atoms with Gasteiger partial charge in [0.1, 0.15) is 11.6 Å². The fraction of sp³-hybridized carbons (Fsp3) is 0.190. The fourth-order valence-electron chi connectivity index (χ4n) is 2.27. The van der Waals surface area contributed by atoms with Crippen LogP contribution in [0.15, 0.2) is 41.4 Å². The van der Waals surface area contributed by atoms with Crippen LogP contribution in [-0.4, -0.2) is 34.2 Å². The number of aliphatic imine (C=N–C) groups is 1. The fourth-order valence-corrected chi connectivity index (χ4v) is 3.00. The number of rotatable bonds is 7. The van der Waals surface area contributed by atoms with E-state index in [-0.39, 0.29) is 5.82 Å². The van der Waals surface area contributed by atoms with Crippen molar-refractivity contribution < 1.29 is 9.13 Å². The third-order valence-corrected chi connectivity index (χ3v) is 4.96. The molecule has 0 saturated heterocycles. The van der Waals surface area contributed by atoms with E-state index < -0.39 is 0 Å². The molecule has 0 saturated carbocycles. The molecule has 1 heterocycles. The summed E-state index contributed by atoms with van der Waals surface area (Å²) in [5.74, 6) is 0.845. The summed E-state index contributed by atoms with van der Waals surface area (Å²) >= 11 is 7.49. The van der Waals surface area contributed by atoms with Crippen molar-refractivity contribution in [3.63, 3.8) is 0 Å². The smallest absolute Gasteiger partial charge is 0.299 e. The van der Waals surface area contributed by atoms with E-state index in [0.29, 0.717) is 27.5 Å². The minimum atomic E-state index is -0.271. The maximum Gasteiger partial charge on any atom is 0.299 e. The van der Waals surface area contributed by atoms with Crippen LogP contribution in [0.2, 0.25) is 5.02 Å². The largest absolute Gasteiger partial charge is 0.430 e. The van der Waals surface area contributed by atoms with E-state index in [4.69, 9.17) is 16.3 Å². The summed E-state index contributed by atoms with van der Waals surface area (Å²) in [5, 5.41) is 0.900. The molecule has 8 heteroatoms. The van der Waals surface area contributed by atoms with E-state index >= 15 is 0 Å². The van der Waals surface area contributed by atoms with Crippen molar-refractivity contribution in [1.29, 1.82) is 0 Å². The van der Waals surface area contributed by atoms with Gasteiger partial charge in [0.25, 0.3) is 5.19 Å². The van der Waals surface area contributed by atoms with Crippen LogP contribution in [0, 0.1) is 12.7 Å². The lowest BCUT2D eigenvalue weighted by atomic mass is 10.2. The van der Waals surface area contributed by atoms with Crippen LogP contribution in [0.25, 0.3) is 12.2 Å². The van der Waals surface area contributed by atoms with Gasteiger partial charge in [-0.15, -0.1) is 0 Å². The summed E-state index contributed by atoms with van der Waals surface area (Å²) in [5.41, 5.74) is 2.42. The first-order valence-electron chi connectivity index (χ1n) is 8.94. The second-order valence-corrected chi connectivity index (χ2v) is 7.41. The second kappa shape index (κ2) is 9.62. The van der Waals surface area contributed by atoms with Crippen LogP contribution in [0.4, 0.5) is 10.1 Å². The molecular formula is C21H20ClFN4OS. The van der Waals surface area contributed by atoms with Crippen LogP contribution in [0.3, 0.4) is 0 Å². The first-order valence-corrected chi connectivity index (χ1v) is 10.1. The molecule has 29 heavy (non-hydrogen) atoms. The van der Waals surface area contributed by atoms with Gasteiger partial charge in [0.2, 0.25) is 0 Å². The van der Waals surface area contributed by atoms with Crippen LogP contribution in [0.5, 0.6) is 10.9 Å². The Morgan fingerprint density at radius 1 is 1.24 bits per heavy atom. The van der Waals surface area contributed by atoms with Gasteiger partial charge < -0.3 is 9.64 Å². The zero-order valence-corrected chi connectivity index (χ0v) is 17.8. The molecule has 3 aromatic rings. The number of ether oxygens (including phenoxy) is 1. The van der Waals surface area contributed by atoms with Gasteiger partial charge in [0.15, 0.2) is 5.82 Å². The number of aromatic nitrogens is 2. The molecule has 0 N–H and O–H groups in total. The molecule has 0 spiro atoms. The van der Waals surface area contributed by atoms with Gasteiger partial charge >= 0.3 is 0 Å². The third kappa shape index (κ3) is 5.85. The lowest BCUT2D eigenvalue weighted by Crippen LogP contribution is -2.14. The Bertz CT molecular complexity index is 1030. The Labute approximate surface area is 178 Å². The Morgan fingerprint density at radius 2 is 2.00 bits per heavy atom. The van der Waals surface area contributed by atoms with E-state index in [1.54, 1.807) is 30.6 Å². The molecule has 1 aromatic heterocycles. The van der Waals surface area contributed by atoms with Crippen LogP contribution >= 0.6 is 23.1 Å². The SMILES string of the molecule is CCN(C)/C=N\c1cc(C)c(Oc2nc(/C=C/c3ccc(F)cc3)ns2)cc1Cl. The Hall–Kier alpha value is -2.77. The second-order valence-electron chi connectivity index (χ2n) is 6.29. The van der Waals surface area contributed by atoms with Crippen molar-refractivity contribution in [2.75, 3.05) is 13.6 Å². The average Bonchev–Trinajstić information content (AvgIpc) is 3.16. The standard InChI is InChI=1S/C21H20ClFN4OS/c1-4-27(3)13-24-18-11-14(2)19(12-17(18)22)28-21-25-20(26-29-21)10-7-15-5-8-16(23)9-6-15/h5-13H,4H2,1-3H3/b10-7+,24-13-. The predicted octanol–water partition coefficient (Wildman–Crippen LogP) is 6.21. The summed E-state index contributed by atoms with van der Waals surface area (Å²) in [6.45, 7) is 4.82. The summed E-state index contributed by atoms with van der Waals surface area (Å²) in [7, 11) is 1.94. The maximum atomic E-state index is 13.0. The molecule has 0 atom stereocenters. The highest BCUT2D eigenvalue weighted by Crippen LogP contribution is 2.35. The quantitative estimate of drug-likeness (QED) is 0.330. The van der Waals surface area contributed by atoms with E-state index in [0.717, 1.165) is 29.2 Å². The Morgan fingerprint density at radius 3 is 2.72 bits per heavy atom. The van der Waals surface area contributed by atoms with Gasteiger partial charge in [-0.25, -0.2) is 9.38 Å². The molecule has 2 aromatic carbocycles. The zero-order valence-electron chi connectivity index (χ0n) is 16.3. The van der Waals surface area contributed by atoms with E-state index in [2.05, 4.69) is 14.3 Å². The van der Waals surface area contributed by atoms with E-state index in [9.17, 15) is 4.39 Å². The Kier molecular flexibility index (Phi) is 6.95. The van der Waals surface area contributed by atoms with E-state index in [1.165, 1.54) is 12.1 Å². The first-order chi connectivity index (χ1) is 13.9. The molecule has 0 radical (unpaired) electrons. The van der Waals surface area contributed by atoms with Gasteiger partial charge in [0.05, 0.1) is 17.0 Å². The number of benzene rings is 2. The summed E-state index contributed by atoms with van der Waals surface area (Å²) < 4.78 is 23.1. The van der Waals surface area contributed by atoms with Gasteiger partial charge in [-0.3, -0.25) is 0 Å². The molecule has 150 valence electrons. The number of hydrogen-bond donors (Lipinski definition) is 0. The third-order valence-electron chi connectivity index (χ3n) is 4.05. The topological polar surface area (TPSA) is 50.6 Å². The molecular weight excluding hydrogens is 411 g/mol. The van der Waals surface area contributed by atoms with Crippen molar-refractivity contribution in [2.45, 2.75) is 13.8 Å². The van der Waals surface area contributed by atoms with Crippen molar-refractivity contribution >= 4 is 47.3 Å². The zero-order chi connectivity index (χ0) is 20.8. The maximum absolute atomic E-state index is 13.0. The van der Waals surface area contributed by atoms with Crippen LogP contribution in [0.1, 0.15) is 23.9 Å². The highest BCUT2D eigenvalue weighted by Gasteiger charge is 2.10. The summed E-state index contributed by atoms with van der Waals surface area (Å²) in [4.78, 5) is 10.7. The van der Waals surface area contributed by atoms with Gasteiger partial charge in [-0.05, 0) is 49.2 Å². The van der Waals surface area contributed by atoms with Crippen molar-refractivity contribution in [1.82, 2.24) is 14.3 Å². The average molecular weight is 431 g/mol. The van der Waals surface area contributed by atoms with Crippen molar-refractivity contribution in [3.05, 3.63) is 64.2 Å². The first kappa shape index (κ1) is 21.0. The number of halogens is 2. The number of aryl methyl sites for hydroxylation is 1. The monoisotopic (exact) mass is 430 g/mol. The Balaban J connectivity index is 1.71. The lowest BCUT2D eigenvalue weighted by Gasteiger charge is -2.10. The molecule has 0 bridgehead atoms. The lowest BCUT2D eigenvalue weighted by molar-refractivity contribution is 0.475. The van der Waals surface area contributed by atoms with Crippen molar-refractivity contribution in [2.24, 2.45) is 4.99 Å². The van der Waals surface area contributed by atoms with Crippen LogP contribution < -0.4 is 4.74 Å². The predicted molar refractivity (Wildman–Crippen MR) is 118 cm³/mol. The van der Waals surface area contributed by atoms with E-state index in [1.807, 2.05) is 37.9 Å². The molecule has 0 aliphatic rings. The van der Waals surface area contributed by atoms with Crippen LogP contribution in [-0.2, 0) is 0 Å². The summed E-state index contributed by atoms with van der Waals surface area (Å²) in [6.07, 6.45) is 5.30. The highest BCUT2D eigenvalue weighted by atomic mass is 35.5. The normalized spacial score (nSPS) is 11.5. The van der Waals surface area contributed by atoms with Gasteiger partial charge in [-0.1, -0.05) is 29.8 Å². The molecule has 0 fully saturated rings. The minimum absolute atomic E-state index is 0.271. The molecule has 0 aliphatic heterocycles. The van der Waals surface area contributed by atoms with Gasteiger partial charge in [-0.2, -0.15) is 9.36 Å². The molecule has 0 aliphatic carbocycles.